The summed E-state index contributed by atoms with van der Waals surface area (Å²) in [5.41, 5.74) is 7.45. The molecule has 0 spiro atoms. The Kier molecular flexibility index (Phi) is 8.16. The van der Waals surface area contributed by atoms with Crippen LogP contribution >= 0.6 is 15.9 Å². The lowest BCUT2D eigenvalue weighted by atomic mass is 10.1. The normalized spacial score (nSPS) is 12.5. The number of nitrogens with two attached hydrogens (primary N) is 1. The number of aldehydes is 1. The number of rotatable bonds is 8. The van der Waals surface area contributed by atoms with E-state index in [4.69, 9.17) is 15.2 Å². The summed E-state index contributed by atoms with van der Waals surface area (Å²) in [4.78, 5) is 34.3. The van der Waals surface area contributed by atoms with Crippen molar-refractivity contribution in [1.29, 1.82) is 0 Å². The molecule has 0 aromatic heterocycles. The summed E-state index contributed by atoms with van der Waals surface area (Å²) in [6.45, 7) is 1.65. The van der Waals surface area contributed by atoms with Crippen molar-refractivity contribution in [3.05, 3.63) is 64.1 Å². The number of ether oxygens (including phenoxy) is 2. The second kappa shape index (κ2) is 10.6. The van der Waals surface area contributed by atoms with Gasteiger partial charge in [-0.05, 0) is 37.1 Å². The van der Waals surface area contributed by atoms with Crippen LogP contribution in [-0.2, 0) is 27.4 Å². The summed E-state index contributed by atoms with van der Waals surface area (Å²) >= 11 is 3.38. The second-order valence-corrected chi connectivity index (χ2v) is 6.97. The van der Waals surface area contributed by atoms with Crippen molar-refractivity contribution in [3.8, 4) is 5.75 Å². The Labute approximate surface area is 171 Å². The number of halogens is 1. The van der Waals surface area contributed by atoms with Crippen LogP contribution in [0.25, 0.3) is 0 Å². The number of amides is 1. The van der Waals surface area contributed by atoms with Gasteiger partial charge in [-0.15, -0.1) is 0 Å². The molecule has 3 N–H and O–H groups in total. The first-order valence-electron chi connectivity index (χ1n) is 8.57. The Balaban J connectivity index is 1.83. The van der Waals surface area contributed by atoms with Crippen molar-refractivity contribution in [2.75, 3.05) is 0 Å². The molecule has 2 rings (SSSR count). The molecule has 2 aromatic carbocycles. The quantitative estimate of drug-likeness (QED) is 0.365. The maximum Gasteiger partial charge on any atom is 0.514 e. The predicted molar refractivity (Wildman–Crippen MR) is 107 cm³/mol. The molecule has 0 saturated heterocycles. The van der Waals surface area contributed by atoms with Crippen molar-refractivity contribution >= 4 is 34.3 Å². The molecule has 0 aliphatic rings. The Morgan fingerprint density at radius 3 is 2.50 bits per heavy atom. The van der Waals surface area contributed by atoms with Crippen LogP contribution in [0.4, 0.5) is 4.79 Å². The number of hydrogen-bond acceptors (Lipinski definition) is 6. The van der Waals surface area contributed by atoms with Gasteiger partial charge in [-0.2, -0.15) is 0 Å². The van der Waals surface area contributed by atoms with Crippen LogP contribution in [0.5, 0.6) is 5.75 Å². The van der Waals surface area contributed by atoms with E-state index in [0.717, 1.165) is 15.6 Å². The molecule has 28 heavy (non-hydrogen) atoms. The summed E-state index contributed by atoms with van der Waals surface area (Å²) in [7, 11) is 0. The van der Waals surface area contributed by atoms with E-state index in [1.807, 2.05) is 24.3 Å². The highest BCUT2D eigenvalue weighted by Crippen LogP contribution is 2.18. The lowest BCUT2D eigenvalue weighted by Gasteiger charge is -2.14. The lowest BCUT2D eigenvalue weighted by Crippen LogP contribution is -2.46. The van der Waals surface area contributed by atoms with Crippen LogP contribution in [0, 0.1) is 0 Å². The van der Waals surface area contributed by atoms with Crippen molar-refractivity contribution in [3.63, 3.8) is 0 Å². The van der Waals surface area contributed by atoms with E-state index in [9.17, 15) is 14.4 Å². The zero-order valence-corrected chi connectivity index (χ0v) is 16.8. The number of hydrogen-bond donors (Lipinski definition) is 2. The molecule has 2 atom stereocenters. The summed E-state index contributed by atoms with van der Waals surface area (Å²) < 4.78 is 11.1. The fraction of sp³-hybridized carbons (Fsp3) is 0.250. The van der Waals surface area contributed by atoms with Crippen molar-refractivity contribution in [2.45, 2.75) is 32.0 Å². The SMILES string of the molecule is C[C@H](C=O)NC(=O)[C@@H](N)Cc1ccc(OC(=O)OCc2ccccc2Br)cc1. The number of nitrogens with one attached hydrogen (secondary N) is 1. The van der Waals surface area contributed by atoms with Crippen molar-refractivity contribution < 1.29 is 23.9 Å². The third-order valence-corrected chi connectivity index (χ3v) is 4.57. The fourth-order valence-electron chi connectivity index (χ4n) is 2.28. The molecule has 0 unspecified atom stereocenters. The number of benzene rings is 2. The van der Waals surface area contributed by atoms with Gasteiger partial charge < -0.3 is 25.3 Å². The van der Waals surface area contributed by atoms with Crippen LogP contribution in [0.3, 0.4) is 0 Å². The monoisotopic (exact) mass is 448 g/mol. The third kappa shape index (κ3) is 6.79. The maximum absolute atomic E-state index is 11.9. The fourth-order valence-corrected chi connectivity index (χ4v) is 2.68. The van der Waals surface area contributed by atoms with Gasteiger partial charge in [0.15, 0.2) is 0 Å². The average Bonchev–Trinajstić information content (AvgIpc) is 2.68. The van der Waals surface area contributed by atoms with E-state index in [1.54, 1.807) is 31.2 Å². The molecule has 2 aromatic rings. The van der Waals surface area contributed by atoms with E-state index in [2.05, 4.69) is 21.2 Å². The minimum Gasteiger partial charge on any atom is -0.429 e. The molecule has 0 fully saturated rings. The Morgan fingerprint density at radius 1 is 1.18 bits per heavy atom. The molecular weight excluding hydrogens is 428 g/mol. The summed E-state index contributed by atoms with van der Waals surface area (Å²) in [6, 6.07) is 12.6. The first-order chi connectivity index (χ1) is 13.4. The molecule has 7 nitrogen and oxygen atoms in total. The Hall–Kier alpha value is -2.71. The van der Waals surface area contributed by atoms with Gasteiger partial charge in [0.05, 0.1) is 12.1 Å². The topological polar surface area (TPSA) is 108 Å². The molecule has 0 aliphatic carbocycles. The zero-order chi connectivity index (χ0) is 20.5. The summed E-state index contributed by atoms with van der Waals surface area (Å²) in [5, 5.41) is 2.50. The van der Waals surface area contributed by atoms with Gasteiger partial charge in [-0.25, -0.2) is 4.79 Å². The highest BCUT2D eigenvalue weighted by Gasteiger charge is 2.16. The first-order valence-corrected chi connectivity index (χ1v) is 9.36. The molecule has 8 heteroatoms. The largest absolute Gasteiger partial charge is 0.514 e. The molecule has 0 saturated carbocycles. The van der Waals surface area contributed by atoms with Gasteiger partial charge in [0.25, 0.3) is 0 Å². The van der Waals surface area contributed by atoms with Crippen LogP contribution in [0.1, 0.15) is 18.1 Å². The van der Waals surface area contributed by atoms with E-state index < -0.39 is 24.1 Å². The molecule has 0 bridgehead atoms. The average molecular weight is 449 g/mol. The minimum absolute atomic E-state index is 0.0848. The van der Waals surface area contributed by atoms with E-state index in [-0.39, 0.29) is 13.0 Å². The second-order valence-electron chi connectivity index (χ2n) is 6.12. The highest BCUT2D eigenvalue weighted by atomic mass is 79.9. The van der Waals surface area contributed by atoms with Gasteiger partial charge in [0.2, 0.25) is 5.91 Å². The van der Waals surface area contributed by atoms with E-state index in [0.29, 0.717) is 12.0 Å². The molecule has 0 radical (unpaired) electrons. The lowest BCUT2D eigenvalue weighted by molar-refractivity contribution is -0.124. The van der Waals surface area contributed by atoms with Gasteiger partial charge in [0.1, 0.15) is 18.6 Å². The first kappa shape index (κ1) is 21.6. The maximum atomic E-state index is 11.9. The highest BCUT2D eigenvalue weighted by molar-refractivity contribution is 9.10. The Bertz CT molecular complexity index is 826. The molecule has 0 aliphatic heterocycles. The number of carbonyl (C=O) groups is 3. The molecular formula is C20H21BrN2O5. The van der Waals surface area contributed by atoms with Gasteiger partial charge >= 0.3 is 6.16 Å². The van der Waals surface area contributed by atoms with Gasteiger partial charge in [-0.3, -0.25) is 4.79 Å². The summed E-state index contributed by atoms with van der Waals surface area (Å²) in [5.74, 6) is -0.0935. The smallest absolute Gasteiger partial charge is 0.429 e. The minimum atomic E-state index is -0.817. The molecule has 0 heterocycles. The van der Waals surface area contributed by atoms with Crippen LogP contribution in [-0.4, -0.2) is 30.4 Å². The van der Waals surface area contributed by atoms with Gasteiger partial charge in [-0.1, -0.05) is 46.3 Å². The summed E-state index contributed by atoms with van der Waals surface area (Å²) in [6.07, 6.45) is 0.0960. The van der Waals surface area contributed by atoms with Crippen LogP contribution < -0.4 is 15.8 Å². The van der Waals surface area contributed by atoms with Crippen molar-refractivity contribution in [1.82, 2.24) is 5.32 Å². The van der Waals surface area contributed by atoms with Crippen LogP contribution in [0.15, 0.2) is 53.0 Å². The van der Waals surface area contributed by atoms with E-state index >= 15 is 0 Å². The standard InChI is InChI=1S/C20H21BrN2O5/c1-13(11-24)23-19(25)18(22)10-14-6-8-16(9-7-14)28-20(26)27-12-15-4-2-3-5-17(15)21/h2-9,11,13,18H,10,12,22H2,1H3,(H,23,25)/t13-,18+/m1/s1. The zero-order valence-electron chi connectivity index (χ0n) is 15.3. The molecule has 1 amide bonds. The van der Waals surface area contributed by atoms with Crippen molar-refractivity contribution in [2.24, 2.45) is 5.73 Å². The van der Waals surface area contributed by atoms with Gasteiger partial charge in [0, 0.05) is 10.0 Å². The van der Waals surface area contributed by atoms with Crippen LogP contribution in [0.2, 0.25) is 0 Å². The van der Waals surface area contributed by atoms with E-state index in [1.165, 1.54) is 0 Å². The number of carbonyl (C=O) groups excluding carboxylic acids is 3. The predicted octanol–water partition coefficient (Wildman–Crippen LogP) is 2.74. The Morgan fingerprint density at radius 2 is 1.86 bits per heavy atom. The third-order valence-electron chi connectivity index (χ3n) is 3.79. The molecule has 148 valence electrons.